The summed E-state index contributed by atoms with van der Waals surface area (Å²) in [7, 11) is -0.416. The molecule has 6 heteroatoms. The molecule has 1 aromatic rings. The Morgan fingerprint density at radius 2 is 1.68 bits per heavy atom. The third-order valence-corrected chi connectivity index (χ3v) is 5.42. The predicted octanol–water partition coefficient (Wildman–Crippen LogP) is 3.04. The maximum absolute atomic E-state index is 6.12. The lowest BCUT2D eigenvalue weighted by atomic mass is 9.83. The van der Waals surface area contributed by atoms with Crippen LogP contribution in [-0.2, 0) is 14.0 Å². The maximum Gasteiger partial charge on any atom is 0.514 e. The van der Waals surface area contributed by atoms with E-state index in [-0.39, 0.29) is 11.2 Å². The minimum absolute atomic E-state index is 0.347. The molecular weight excluding hydrogens is 345 g/mol. The van der Waals surface area contributed by atoms with Gasteiger partial charge >= 0.3 is 7.12 Å². The first kappa shape index (κ1) is 16.4. The third-order valence-electron chi connectivity index (χ3n) is 4.96. The second-order valence-electron chi connectivity index (χ2n) is 7.11. The first-order chi connectivity index (χ1) is 10.3. The first-order valence-corrected chi connectivity index (χ1v) is 8.68. The summed E-state index contributed by atoms with van der Waals surface area (Å²) in [6.45, 7) is 9.86. The Kier molecular flexibility index (Phi) is 4.40. The van der Waals surface area contributed by atoms with Gasteiger partial charge in [0.2, 0.25) is 0 Å². The van der Waals surface area contributed by atoms with Gasteiger partial charge in [-0.25, -0.2) is 0 Å². The number of pyridine rings is 1. The summed E-state index contributed by atoms with van der Waals surface area (Å²) < 4.78 is 18.7. The van der Waals surface area contributed by atoms with Crippen molar-refractivity contribution in [2.24, 2.45) is 0 Å². The van der Waals surface area contributed by atoms with Crippen molar-refractivity contribution in [3.63, 3.8) is 0 Å². The van der Waals surface area contributed by atoms with Crippen LogP contribution in [-0.4, -0.2) is 36.5 Å². The van der Waals surface area contributed by atoms with Crippen molar-refractivity contribution < 1.29 is 14.0 Å². The van der Waals surface area contributed by atoms with Crippen molar-refractivity contribution >= 4 is 28.6 Å². The lowest BCUT2D eigenvalue weighted by molar-refractivity contribution is 0.00578. The Morgan fingerprint density at radius 1 is 1.09 bits per heavy atom. The molecule has 0 radical (unpaired) electrons. The number of hydrogen-bond donors (Lipinski definition) is 0. The molecule has 1 aromatic heterocycles. The van der Waals surface area contributed by atoms with E-state index in [0.29, 0.717) is 5.92 Å². The Labute approximate surface area is 141 Å². The fraction of sp³-hybridized carbons (Fsp3) is 0.688. The molecule has 2 aliphatic rings. The van der Waals surface area contributed by atoms with E-state index in [2.05, 4.69) is 49.7 Å². The number of rotatable bonds is 2. The Bertz CT molecular complexity index is 542. The predicted molar refractivity (Wildman–Crippen MR) is 90.4 cm³/mol. The highest BCUT2D eigenvalue weighted by Gasteiger charge is 2.52. The van der Waals surface area contributed by atoms with Crippen LogP contribution in [0.3, 0.4) is 0 Å². The summed E-state index contributed by atoms with van der Waals surface area (Å²) in [5, 5.41) is 0. The van der Waals surface area contributed by atoms with Crippen LogP contribution in [0.2, 0.25) is 0 Å². The average molecular weight is 368 g/mol. The molecule has 0 bridgehead atoms. The molecular formula is C16H23BBrNO3. The zero-order chi connectivity index (χ0) is 16.0. The van der Waals surface area contributed by atoms with E-state index >= 15 is 0 Å². The molecule has 0 unspecified atom stereocenters. The van der Waals surface area contributed by atoms with E-state index in [9.17, 15) is 0 Å². The number of halogens is 1. The standard InChI is InChI=1S/C16H23BBrNO3/c1-15(2)16(3,4)22-17(21-15)14-10-12(18)9-13(19-14)11-5-7-20-8-6-11/h9-11H,5-8H2,1-4H3. The zero-order valence-corrected chi connectivity index (χ0v) is 15.3. The fourth-order valence-electron chi connectivity index (χ4n) is 2.82. The molecule has 0 amide bonds. The highest BCUT2D eigenvalue weighted by Crippen LogP contribution is 2.36. The monoisotopic (exact) mass is 367 g/mol. The molecule has 120 valence electrons. The average Bonchev–Trinajstić information content (AvgIpc) is 2.68. The van der Waals surface area contributed by atoms with Crippen molar-refractivity contribution in [1.82, 2.24) is 4.98 Å². The van der Waals surface area contributed by atoms with Crippen molar-refractivity contribution in [2.45, 2.75) is 57.7 Å². The van der Waals surface area contributed by atoms with Crippen molar-refractivity contribution in [3.8, 4) is 0 Å². The Balaban J connectivity index is 1.87. The smallest absolute Gasteiger partial charge is 0.398 e. The van der Waals surface area contributed by atoms with Crippen LogP contribution < -0.4 is 5.59 Å². The molecule has 3 rings (SSSR count). The molecule has 0 aromatic carbocycles. The Morgan fingerprint density at radius 3 is 2.27 bits per heavy atom. The van der Waals surface area contributed by atoms with Crippen molar-refractivity contribution in [2.75, 3.05) is 13.2 Å². The van der Waals surface area contributed by atoms with Gasteiger partial charge in [-0.3, -0.25) is 4.98 Å². The van der Waals surface area contributed by atoms with Crippen LogP contribution in [0.1, 0.15) is 52.1 Å². The number of aromatic nitrogens is 1. The Hall–Kier alpha value is -0.425. The second-order valence-corrected chi connectivity index (χ2v) is 8.03. The minimum Gasteiger partial charge on any atom is -0.398 e. The van der Waals surface area contributed by atoms with Crippen molar-refractivity contribution in [1.29, 1.82) is 0 Å². The van der Waals surface area contributed by atoms with Gasteiger partial charge in [-0.2, -0.15) is 0 Å². The normalized spacial score (nSPS) is 24.7. The molecule has 0 atom stereocenters. The third kappa shape index (κ3) is 3.11. The zero-order valence-electron chi connectivity index (χ0n) is 13.7. The van der Waals surface area contributed by atoms with Gasteiger partial charge in [0.05, 0.1) is 16.8 Å². The van der Waals surface area contributed by atoms with E-state index in [1.54, 1.807) is 0 Å². The van der Waals surface area contributed by atoms with Gasteiger partial charge in [-0.1, -0.05) is 15.9 Å². The quantitative estimate of drug-likeness (QED) is 0.753. The summed E-state index contributed by atoms with van der Waals surface area (Å²) in [5.74, 6) is 0.451. The van der Waals surface area contributed by atoms with Crippen LogP contribution in [0.25, 0.3) is 0 Å². The molecule has 0 saturated carbocycles. The molecule has 22 heavy (non-hydrogen) atoms. The molecule has 2 fully saturated rings. The van der Waals surface area contributed by atoms with Crippen LogP contribution in [0.4, 0.5) is 0 Å². The fourth-order valence-corrected chi connectivity index (χ4v) is 3.29. The van der Waals surface area contributed by atoms with E-state index in [0.717, 1.165) is 41.8 Å². The molecule has 0 aliphatic carbocycles. The summed E-state index contributed by atoms with van der Waals surface area (Å²) in [6.07, 6.45) is 2.04. The summed E-state index contributed by atoms with van der Waals surface area (Å²) in [6, 6.07) is 4.09. The SMILES string of the molecule is CC1(C)OB(c2cc(Br)cc(C3CCOCC3)n2)OC1(C)C. The molecule has 3 heterocycles. The maximum atomic E-state index is 6.12. The topological polar surface area (TPSA) is 40.6 Å². The van der Waals surface area contributed by atoms with Crippen molar-refractivity contribution in [3.05, 3.63) is 22.3 Å². The first-order valence-electron chi connectivity index (χ1n) is 7.89. The highest BCUT2D eigenvalue weighted by atomic mass is 79.9. The molecule has 4 nitrogen and oxygen atoms in total. The number of hydrogen-bond acceptors (Lipinski definition) is 4. The summed E-state index contributed by atoms with van der Waals surface area (Å²) >= 11 is 3.60. The van der Waals surface area contributed by atoms with E-state index in [4.69, 9.17) is 19.0 Å². The van der Waals surface area contributed by atoms with E-state index in [1.807, 2.05) is 6.07 Å². The summed E-state index contributed by atoms with van der Waals surface area (Å²) in [5.41, 5.74) is 1.25. The minimum atomic E-state index is -0.416. The van der Waals surface area contributed by atoms with Gasteiger partial charge < -0.3 is 14.0 Å². The summed E-state index contributed by atoms with van der Waals surface area (Å²) in [4.78, 5) is 4.83. The van der Waals surface area contributed by atoms with E-state index < -0.39 is 7.12 Å². The van der Waals surface area contributed by atoms with Crippen LogP contribution in [0.15, 0.2) is 16.6 Å². The van der Waals surface area contributed by atoms with Gasteiger partial charge in [0.25, 0.3) is 0 Å². The van der Waals surface area contributed by atoms with Crippen LogP contribution >= 0.6 is 15.9 Å². The number of nitrogens with zero attached hydrogens (tertiary/aromatic N) is 1. The van der Waals surface area contributed by atoms with Gasteiger partial charge in [0.15, 0.2) is 0 Å². The number of ether oxygens (including phenoxy) is 1. The van der Waals surface area contributed by atoms with Gasteiger partial charge in [0.1, 0.15) is 0 Å². The molecule has 2 aliphatic heterocycles. The van der Waals surface area contributed by atoms with E-state index in [1.165, 1.54) is 0 Å². The van der Waals surface area contributed by atoms with Gasteiger partial charge in [-0.05, 0) is 52.7 Å². The van der Waals surface area contributed by atoms with Gasteiger partial charge in [0, 0.05) is 29.3 Å². The largest absolute Gasteiger partial charge is 0.514 e. The lowest BCUT2D eigenvalue weighted by Crippen LogP contribution is -2.41. The molecule has 2 saturated heterocycles. The molecule has 0 spiro atoms. The van der Waals surface area contributed by atoms with Crippen LogP contribution in [0.5, 0.6) is 0 Å². The van der Waals surface area contributed by atoms with Gasteiger partial charge in [-0.15, -0.1) is 0 Å². The lowest BCUT2D eigenvalue weighted by Gasteiger charge is -2.32. The second kappa shape index (κ2) is 5.89. The highest BCUT2D eigenvalue weighted by molar-refractivity contribution is 9.10. The molecule has 0 N–H and O–H groups in total. The van der Waals surface area contributed by atoms with Crippen LogP contribution in [0, 0.1) is 0 Å².